The van der Waals surface area contributed by atoms with Crippen LogP contribution in [0.4, 0.5) is 0 Å². The Bertz CT molecular complexity index is 463. The Balaban J connectivity index is 1.82. The Labute approximate surface area is 125 Å². The summed E-state index contributed by atoms with van der Waals surface area (Å²) in [4.78, 5) is 22.2. The number of allylic oxidation sites excluding steroid dienone is 1. The summed E-state index contributed by atoms with van der Waals surface area (Å²) < 4.78 is 10.2. The Morgan fingerprint density at radius 3 is 2.62 bits per heavy atom. The third kappa shape index (κ3) is 4.31. The minimum Gasteiger partial charge on any atom is -0.462 e. The average molecular weight is 290 g/mol. The van der Waals surface area contributed by atoms with Gasteiger partial charge in [0.15, 0.2) is 0 Å². The lowest BCUT2D eigenvalue weighted by Gasteiger charge is -2.23. The van der Waals surface area contributed by atoms with Crippen molar-refractivity contribution < 1.29 is 19.1 Å². The highest BCUT2D eigenvalue weighted by atomic mass is 16.5. The minimum absolute atomic E-state index is 0.350. The second-order valence-corrected chi connectivity index (χ2v) is 5.77. The van der Waals surface area contributed by atoms with Crippen LogP contribution in [0.25, 0.3) is 0 Å². The quantitative estimate of drug-likeness (QED) is 0.429. The maximum atomic E-state index is 11.1. The molecule has 0 N–H and O–H groups in total. The van der Waals surface area contributed by atoms with Crippen LogP contribution in [0.15, 0.2) is 37.0 Å². The zero-order chi connectivity index (χ0) is 15.2. The molecule has 0 radical (unpaired) electrons. The van der Waals surface area contributed by atoms with Crippen molar-refractivity contribution in [3.8, 4) is 0 Å². The molecule has 0 amide bonds. The van der Waals surface area contributed by atoms with E-state index in [0.29, 0.717) is 31.0 Å². The average Bonchev–Trinajstić information content (AvgIpc) is 2.92. The molecule has 21 heavy (non-hydrogen) atoms. The minimum atomic E-state index is -0.376. The first-order valence-corrected chi connectivity index (χ1v) is 7.40. The molecule has 2 rings (SSSR count). The number of hydrogen-bond acceptors (Lipinski definition) is 4. The highest BCUT2D eigenvalue weighted by Gasteiger charge is 2.35. The van der Waals surface area contributed by atoms with E-state index in [9.17, 15) is 9.59 Å². The summed E-state index contributed by atoms with van der Waals surface area (Å²) in [5.41, 5.74) is 1.19. The number of ether oxygens (including phenoxy) is 2. The summed E-state index contributed by atoms with van der Waals surface area (Å²) in [6.07, 6.45) is 8.87. The molecule has 3 unspecified atom stereocenters. The fourth-order valence-corrected chi connectivity index (χ4v) is 3.31. The van der Waals surface area contributed by atoms with Crippen LogP contribution in [0.2, 0.25) is 0 Å². The van der Waals surface area contributed by atoms with E-state index >= 15 is 0 Å². The smallest absolute Gasteiger partial charge is 0.330 e. The standard InChI is InChI=1S/C17H22O4/c1-3-16(18)20-10-12-5-6-14-8-13(9-15(14)7-12)11-21-17(19)4-2/h3-4,7,13-15H,1-2,5-6,8-11H2. The molecule has 0 aromatic heterocycles. The van der Waals surface area contributed by atoms with Crippen molar-refractivity contribution >= 4 is 11.9 Å². The van der Waals surface area contributed by atoms with Gasteiger partial charge in [0, 0.05) is 12.2 Å². The second-order valence-electron chi connectivity index (χ2n) is 5.77. The van der Waals surface area contributed by atoms with E-state index in [4.69, 9.17) is 9.47 Å². The highest BCUT2D eigenvalue weighted by molar-refractivity contribution is 5.81. The van der Waals surface area contributed by atoms with Crippen LogP contribution in [0, 0.1) is 17.8 Å². The zero-order valence-corrected chi connectivity index (χ0v) is 12.3. The van der Waals surface area contributed by atoms with Crippen LogP contribution in [0.3, 0.4) is 0 Å². The third-order valence-corrected chi connectivity index (χ3v) is 4.33. The molecule has 0 spiro atoms. The van der Waals surface area contributed by atoms with Crippen molar-refractivity contribution in [2.75, 3.05) is 13.2 Å². The van der Waals surface area contributed by atoms with Crippen molar-refractivity contribution in [1.29, 1.82) is 0 Å². The number of hydrogen-bond donors (Lipinski definition) is 0. The van der Waals surface area contributed by atoms with E-state index < -0.39 is 0 Å². The van der Waals surface area contributed by atoms with Crippen LogP contribution in [0.5, 0.6) is 0 Å². The summed E-state index contributed by atoms with van der Waals surface area (Å²) in [5, 5.41) is 0. The SMILES string of the molecule is C=CC(=O)OCC1=CC2CC(COC(=O)C=C)CC2CC1. The molecule has 0 aromatic carbocycles. The van der Waals surface area contributed by atoms with Crippen LogP contribution in [-0.4, -0.2) is 25.2 Å². The lowest BCUT2D eigenvalue weighted by molar-refractivity contribution is -0.139. The first-order valence-electron chi connectivity index (χ1n) is 7.40. The Morgan fingerprint density at radius 1 is 1.19 bits per heavy atom. The molecule has 4 heteroatoms. The van der Waals surface area contributed by atoms with Gasteiger partial charge >= 0.3 is 11.9 Å². The number of carbonyl (C=O) groups is 2. The third-order valence-electron chi connectivity index (χ3n) is 4.33. The maximum Gasteiger partial charge on any atom is 0.330 e. The molecule has 1 fully saturated rings. The molecule has 0 bridgehead atoms. The molecule has 0 saturated heterocycles. The van der Waals surface area contributed by atoms with Gasteiger partial charge in [0.2, 0.25) is 0 Å². The maximum absolute atomic E-state index is 11.1. The topological polar surface area (TPSA) is 52.6 Å². The molecule has 2 aliphatic carbocycles. The molecule has 114 valence electrons. The number of fused-ring (bicyclic) bond motifs is 1. The summed E-state index contributed by atoms with van der Waals surface area (Å²) in [5.74, 6) is 0.881. The summed E-state index contributed by atoms with van der Waals surface area (Å²) in [6.45, 7) is 7.63. The Kier molecular flexibility index (Phi) is 5.37. The van der Waals surface area contributed by atoms with Crippen molar-refractivity contribution in [3.05, 3.63) is 37.0 Å². The summed E-state index contributed by atoms with van der Waals surface area (Å²) in [6, 6.07) is 0. The van der Waals surface area contributed by atoms with Crippen LogP contribution < -0.4 is 0 Å². The highest BCUT2D eigenvalue weighted by Crippen LogP contribution is 2.44. The van der Waals surface area contributed by atoms with Crippen molar-refractivity contribution in [1.82, 2.24) is 0 Å². The fourth-order valence-electron chi connectivity index (χ4n) is 3.31. The first-order chi connectivity index (χ1) is 10.1. The Hall–Kier alpha value is -1.84. The second kappa shape index (κ2) is 7.25. The predicted molar refractivity (Wildman–Crippen MR) is 79.3 cm³/mol. The zero-order valence-electron chi connectivity index (χ0n) is 12.3. The lowest BCUT2D eigenvalue weighted by Crippen LogP contribution is -2.15. The number of rotatable bonds is 6. The van der Waals surface area contributed by atoms with Gasteiger partial charge in [-0.25, -0.2) is 9.59 Å². The van der Waals surface area contributed by atoms with Crippen LogP contribution in [0.1, 0.15) is 25.7 Å². The van der Waals surface area contributed by atoms with Gasteiger partial charge in [-0.05, 0) is 49.0 Å². The molecular weight excluding hydrogens is 268 g/mol. The molecule has 0 aromatic rings. The Morgan fingerprint density at radius 2 is 1.90 bits per heavy atom. The molecule has 4 nitrogen and oxygen atoms in total. The monoisotopic (exact) mass is 290 g/mol. The van der Waals surface area contributed by atoms with Gasteiger partial charge in [-0.15, -0.1) is 0 Å². The van der Waals surface area contributed by atoms with Crippen molar-refractivity contribution in [2.45, 2.75) is 25.7 Å². The molecule has 1 saturated carbocycles. The van der Waals surface area contributed by atoms with Gasteiger partial charge < -0.3 is 9.47 Å². The number of esters is 2. The molecule has 3 atom stereocenters. The van der Waals surface area contributed by atoms with Crippen LogP contribution in [-0.2, 0) is 19.1 Å². The van der Waals surface area contributed by atoms with Gasteiger partial charge in [0.05, 0.1) is 6.61 Å². The van der Waals surface area contributed by atoms with E-state index in [0.717, 1.165) is 25.7 Å². The summed E-state index contributed by atoms with van der Waals surface area (Å²) in [7, 11) is 0. The van der Waals surface area contributed by atoms with Crippen molar-refractivity contribution in [3.63, 3.8) is 0 Å². The normalized spacial score (nSPS) is 27.2. The predicted octanol–water partition coefficient (Wildman–Crippen LogP) is 2.81. The van der Waals surface area contributed by atoms with Gasteiger partial charge in [-0.1, -0.05) is 19.2 Å². The van der Waals surface area contributed by atoms with Crippen LogP contribution >= 0.6 is 0 Å². The molecule has 0 aliphatic heterocycles. The van der Waals surface area contributed by atoms with Gasteiger partial charge in [-0.2, -0.15) is 0 Å². The first kappa shape index (κ1) is 15.5. The van der Waals surface area contributed by atoms with Gasteiger partial charge in [-0.3, -0.25) is 0 Å². The largest absolute Gasteiger partial charge is 0.462 e. The molecular formula is C17H22O4. The van der Waals surface area contributed by atoms with E-state index in [1.165, 1.54) is 17.7 Å². The van der Waals surface area contributed by atoms with Crippen molar-refractivity contribution in [2.24, 2.45) is 17.8 Å². The van der Waals surface area contributed by atoms with E-state index in [1.54, 1.807) is 0 Å². The van der Waals surface area contributed by atoms with E-state index in [1.807, 2.05) is 0 Å². The van der Waals surface area contributed by atoms with E-state index in [2.05, 4.69) is 19.2 Å². The van der Waals surface area contributed by atoms with E-state index in [-0.39, 0.29) is 11.9 Å². The fraction of sp³-hybridized carbons (Fsp3) is 0.529. The summed E-state index contributed by atoms with van der Waals surface area (Å²) >= 11 is 0. The molecule has 0 heterocycles. The van der Waals surface area contributed by atoms with Gasteiger partial charge in [0.25, 0.3) is 0 Å². The lowest BCUT2D eigenvalue weighted by atomic mass is 9.83. The number of carbonyl (C=O) groups excluding carboxylic acids is 2. The van der Waals surface area contributed by atoms with Gasteiger partial charge in [0.1, 0.15) is 6.61 Å². The molecule has 2 aliphatic rings.